The average Bonchev–Trinajstić information content (AvgIpc) is 2.31. The third-order valence-corrected chi connectivity index (χ3v) is 2.25. The van der Waals surface area contributed by atoms with Crippen molar-refractivity contribution in [3.05, 3.63) is 35.4 Å². The molecule has 0 spiro atoms. The van der Waals surface area contributed by atoms with Crippen LogP contribution in [0.1, 0.15) is 15.9 Å². The number of amides is 1. The quantitative estimate of drug-likeness (QED) is 0.510. The molecule has 5 heteroatoms. The van der Waals surface area contributed by atoms with Crippen LogP contribution in [-0.2, 0) is 6.54 Å². The molecule has 88 valence electrons. The highest BCUT2D eigenvalue weighted by Gasteiger charge is 2.05. The van der Waals surface area contributed by atoms with E-state index in [0.717, 1.165) is 5.56 Å². The number of hydrogen-bond donors (Lipinski definition) is 4. The minimum atomic E-state index is -0.470. The first-order valence-electron chi connectivity index (χ1n) is 5.01. The number of carbonyl (C=O) groups is 1. The normalized spacial score (nSPS) is 10.7. The predicted molar refractivity (Wildman–Crippen MR) is 59.8 cm³/mol. The number of carbonyl (C=O) groups excluding carboxylic acids is 1. The second-order valence-electron chi connectivity index (χ2n) is 3.51. The smallest absolute Gasteiger partial charge is 0.248 e. The second-order valence-corrected chi connectivity index (χ2v) is 3.51. The first-order valence-corrected chi connectivity index (χ1v) is 5.01. The Morgan fingerprint density at radius 1 is 1.38 bits per heavy atom. The van der Waals surface area contributed by atoms with E-state index in [1.165, 1.54) is 0 Å². The molecule has 0 aliphatic heterocycles. The Hall–Kier alpha value is -1.43. The third kappa shape index (κ3) is 3.62. The zero-order valence-electron chi connectivity index (χ0n) is 8.89. The SMILES string of the molecule is NC(=O)c1cccc(CNC(CO)CO)c1. The minimum absolute atomic E-state index is 0.133. The van der Waals surface area contributed by atoms with Crippen molar-refractivity contribution in [1.29, 1.82) is 0 Å². The number of primary amides is 1. The van der Waals surface area contributed by atoms with Crippen molar-refractivity contribution < 1.29 is 15.0 Å². The molecule has 5 nitrogen and oxygen atoms in total. The summed E-state index contributed by atoms with van der Waals surface area (Å²) in [5.41, 5.74) is 6.48. The van der Waals surface area contributed by atoms with Crippen LogP contribution in [0, 0.1) is 0 Å². The van der Waals surface area contributed by atoms with E-state index in [1.54, 1.807) is 18.2 Å². The molecule has 5 N–H and O–H groups in total. The van der Waals surface area contributed by atoms with Crippen molar-refractivity contribution in [2.45, 2.75) is 12.6 Å². The summed E-state index contributed by atoms with van der Waals surface area (Å²) in [5.74, 6) is -0.470. The Balaban J connectivity index is 2.60. The maximum atomic E-state index is 10.9. The number of benzene rings is 1. The summed E-state index contributed by atoms with van der Waals surface area (Å²) >= 11 is 0. The molecule has 1 rings (SSSR count). The van der Waals surface area contributed by atoms with Crippen LogP contribution in [0.5, 0.6) is 0 Å². The summed E-state index contributed by atoms with van der Waals surface area (Å²) < 4.78 is 0. The van der Waals surface area contributed by atoms with Gasteiger partial charge in [-0.1, -0.05) is 12.1 Å². The number of aliphatic hydroxyl groups is 2. The fraction of sp³-hybridized carbons (Fsp3) is 0.364. The van der Waals surface area contributed by atoms with Crippen LogP contribution in [0.25, 0.3) is 0 Å². The summed E-state index contributed by atoms with van der Waals surface area (Å²) in [5, 5.41) is 20.6. The molecule has 0 bridgehead atoms. The monoisotopic (exact) mass is 224 g/mol. The maximum absolute atomic E-state index is 10.9. The van der Waals surface area contributed by atoms with E-state index in [-0.39, 0.29) is 19.3 Å². The molecular formula is C11H16N2O3. The fourth-order valence-electron chi connectivity index (χ4n) is 1.28. The van der Waals surface area contributed by atoms with Gasteiger partial charge in [-0.05, 0) is 17.7 Å². The third-order valence-electron chi connectivity index (χ3n) is 2.25. The topological polar surface area (TPSA) is 95.6 Å². The summed E-state index contributed by atoms with van der Waals surface area (Å²) in [6, 6.07) is 6.55. The van der Waals surface area contributed by atoms with Crippen LogP contribution in [0.3, 0.4) is 0 Å². The number of nitrogens with two attached hydrogens (primary N) is 1. The molecule has 0 heterocycles. The van der Waals surface area contributed by atoms with Crippen molar-refractivity contribution in [2.75, 3.05) is 13.2 Å². The molecule has 1 amide bonds. The van der Waals surface area contributed by atoms with E-state index in [9.17, 15) is 4.79 Å². The predicted octanol–water partition coefficient (Wildman–Crippen LogP) is -0.772. The molecule has 0 atom stereocenters. The van der Waals surface area contributed by atoms with E-state index in [1.807, 2.05) is 6.07 Å². The lowest BCUT2D eigenvalue weighted by Crippen LogP contribution is -2.35. The van der Waals surface area contributed by atoms with E-state index in [2.05, 4.69) is 5.32 Å². The molecular weight excluding hydrogens is 208 g/mol. The van der Waals surface area contributed by atoms with Gasteiger partial charge in [0.2, 0.25) is 5.91 Å². The lowest BCUT2D eigenvalue weighted by atomic mass is 10.1. The lowest BCUT2D eigenvalue weighted by molar-refractivity contribution is 0.1000. The van der Waals surface area contributed by atoms with Crippen molar-refractivity contribution in [2.24, 2.45) is 5.73 Å². The number of aliphatic hydroxyl groups excluding tert-OH is 2. The minimum Gasteiger partial charge on any atom is -0.395 e. The Morgan fingerprint density at radius 2 is 2.06 bits per heavy atom. The molecule has 0 radical (unpaired) electrons. The van der Waals surface area contributed by atoms with Gasteiger partial charge in [0.1, 0.15) is 0 Å². The van der Waals surface area contributed by atoms with Crippen LogP contribution in [0.15, 0.2) is 24.3 Å². The van der Waals surface area contributed by atoms with Gasteiger partial charge in [0.05, 0.1) is 19.3 Å². The molecule has 0 saturated carbocycles. The van der Waals surface area contributed by atoms with E-state index in [4.69, 9.17) is 15.9 Å². The van der Waals surface area contributed by atoms with Crippen LogP contribution in [-0.4, -0.2) is 35.4 Å². The number of nitrogens with one attached hydrogen (secondary N) is 1. The van der Waals surface area contributed by atoms with Crippen molar-refractivity contribution >= 4 is 5.91 Å². The van der Waals surface area contributed by atoms with Gasteiger partial charge in [-0.25, -0.2) is 0 Å². The summed E-state index contributed by atoms with van der Waals surface area (Å²) in [6.07, 6.45) is 0. The molecule has 0 aromatic heterocycles. The summed E-state index contributed by atoms with van der Waals surface area (Å²) in [4.78, 5) is 10.9. The van der Waals surface area contributed by atoms with Crippen molar-refractivity contribution in [3.8, 4) is 0 Å². The van der Waals surface area contributed by atoms with Crippen LogP contribution < -0.4 is 11.1 Å². The highest BCUT2D eigenvalue weighted by atomic mass is 16.3. The van der Waals surface area contributed by atoms with Gasteiger partial charge in [-0.15, -0.1) is 0 Å². The van der Waals surface area contributed by atoms with Gasteiger partial charge in [-0.2, -0.15) is 0 Å². The van der Waals surface area contributed by atoms with E-state index >= 15 is 0 Å². The zero-order chi connectivity index (χ0) is 12.0. The Morgan fingerprint density at radius 3 is 2.62 bits per heavy atom. The molecule has 1 aromatic rings. The standard InChI is InChI=1S/C11H16N2O3/c12-11(16)9-3-1-2-8(4-9)5-13-10(6-14)7-15/h1-4,10,13-15H,5-7H2,(H2,12,16). The van der Waals surface area contributed by atoms with Gasteiger partial charge < -0.3 is 21.3 Å². The van der Waals surface area contributed by atoms with Crippen LogP contribution in [0.4, 0.5) is 0 Å². The Kier molecular flexibility index (Phi) is 4.91. The summed E-state index contributed by atoms with van der Waals surface area (Å²) in [7, 11) is 0. The fourth-order valence-corrected chi connectivity index (χ4v) is 1.28. The second kappa shape index (κ2) is 6.22. The van der Waals surface area contributed by atoms with Gasteiger partial charge in [0.15, 0.2) is 0 Å². The highest BCUT2D eigenvalue weighted by molar-refractivity contribution is 5.92. The largest absolute Gasteiger partial charge is 0.395 e. The van der Waals surface area contributed by atoms with Gasteiger partial charge in [0, 0.05) is 12.1 Å². The lowest BCUT2D eigenvalue weighted by Gasteiger charge is -2.13. The molecule has 0 unspecified atom stereocenters. The first-order chi connectivity index (χ1) is 7.67. The molecule has 0 saturated heterocycles. The average molecular weight is 224 g/mol. The maximum Gasteiger partial charge on any atom is 0.248 e. The Labute approximate surface area is 93.9 Å². The van der Waals surface area contributed by atoms with E-state index < -0.39 is 5.91 Å². The molecule has 0 aliphatic carbocycles. The van der Waals surface area contributed by atoms with Gasteiger partial charge >= 0.3 is 0 Å². The van der Waals surface area contributed by atoms with Crippen LogP contribution in [0.2, 0.25) is 0 Å². The van der Waals surface area contributed by atoms with Crippen LogP contribution >= 0.6 is 0 Å². The van der Waals surface area contributed by atoms with E-state index in [0.29, 0.717) is 12.1 Å². The molecule has 1 aromatic carbocycles. The van der Waals surface area contributed by atoms with Crippen molar-refractivity contribution in [3.63, 3.8) is 0 Å². The number of rotatable bonds is 6. The first kappa shape index (κ1) is 12.6. The molecule has 0 fully saturated rings. The van der Waals surface area contributed by atoms with Crippen molar-refractivity contribution in [1.82, 2.24) is 5.32 Å². The Bertz CT molecular complexity index is 351. The van der Waals surface area contributed by atoms with Gasteiger partial charge in [0.25, 0.3) is 0 Å². The van der Waals surface area contributed by atoms with Gasteiger partial charge in [-0.3, -0.25) is 4.79 Å². The zero-order valence-corrected chi connectivity index (χ0v) is 8.89. The number of hydrogen-bond acceptors (Lipinski definition) is 4. The highest BCUT2D eigenvalue weighted by Crippen LogP contribution is 2.04. The molecule has 16 heavy (non-hydrogen) atoms. The summed E-state index contributed by atoms with van der Waals surface area (Å²) in [6.45, 7) is 0.199. The molecule has 0 aliphatic rings.